The van der Waals surface area contributed by atoms with Gasteiger partial charge in [-0.05, 0) is 86.1 Å². The lowest BCUT2D eigenvalue weighted by Crippen LogP contribution is -2.45. The summed E-state index contributed by atoms with van der Waals surface area (Å²) in [5, 5.41) is 0. The molecule has 1 aliphatic carbocycles. The predicted molar refractivity (Wildman–Crippen MR) is 136 cm³/mol. The number of carbonyl (C=O) groups is 1. The number of anilines is 1. The van der Waals surface area contributed by atoms with E-state index in [1.165, 1.54) is 11.1 Å². The smallest absolute Gasteiger partial charge is 0.243 e. The summed E-state index contributed by atoms with van der Waals surface area (Å²) in [5.41, 5.74) is 3.59. The molecule has 2 fully saturated rings. The average Bonchev–Trinajstić information content (AvgIpc) is 3.23. The molecule has 3 aliphatic rings. The van der Waals surface area contributed by atoms with E-state index in [0.717, 1.165) is 56.8 Å². The first-order valence-electron chi connectivity index (χ1n) is 12.8. The maximum Gasteiger partial charge on any atom is 0.243 e. The van der Waals surface area contributed by atoms with Gasteiger partial charge in [0.05, 0.1) is 12.0 Å². The van der Waals surface area contributed by atoms with Crippen molar-refractivity contribution in [1.82, 2.24) is 9.21 Å². The number of hydrogen-bond donors (Lipinski definition) is 0. The number of fused-ring (bicyclic) bond motifs is 1. The summed E-state index contributed by atoms with van der Waals surface area (Å²) in [6.45, 7) is 3.96. The van der Waals surface area contributed by atoms with Gasteiger partial charge in [0, 0.05) is 50.9 Å². The number of carbonyl (C=O) groups excluding carboxylic acids is 1. The van der Waals surface area contributed by atoms with E-state index in [-0.39, 0.29) is 11.8 Å². The Morgan fingerprint density at radius 1 is 0.857 bits per heavy atom. The number of hydrogen-bond acceptors (Lipinski definition) is 5. The van der Waals surface area contributed by atoms with Gasteiger partial charge in [0.1, 0.15) is 5.75 Å². The van der Waals surface area contributed by atoms with Crippen molar-refractivity contribution in [3.63, 3.8) is 0 Å². The van der Waals surface area contributed by atoms with Gasteiger partial charge in [-0.1, -0.05) is 6.07 Å². The SMILES string of the molecule is COc1ccc(N2CCCN(C(=O)C3CCN(S(=O)(=O)c4ccc5c(c4)CCC5)CC3)CC2)cc1. The zero-order chi connectivity index (χ0) is 24.4. The minimum atomic E-state index is -3.51. The molecule has 2 aliphatic heterocycles. The highest BCUT2D eigenvalue weighted by Crippen LogP contribution is 2.29. The summed E-state index contributed by atoms with van der Waals surface area (Å²) in [6, 6.07) is 13.6. The summed E-state index contributed by atoms with van der Waals surface area (Å²) in [7, 11) is -1.85. The van der Waals surface area contributed by atoms with Gasteiger partial charge in [0.25, 0.3) is 0 Å². The molecule has 0 atom stereocenters. The Bertz CT molecular complexity index is 1160. The predicted octanol–water partition coefficient (Wildman–Crippen LogP) is 3.32. The molecule has 0 radical (unpaired) electrons. The number of nitrogens with zero attached hydrogens (tertiary/aromatic N) is 3. The number of benzene rings is 2. The van der Waals surface area contributed by atoms with Crippen LogP contribution in [0.15, 0.2) is 47.4 Å². The second-order valence-corrected chi connectivity index (χ2v) is 11.8. The summed E-state index contributed by atoms with van der Waals surface area (Å²) < 4.78 is 33.3. The third-order valence-electron chi connectivity index (χ3n) is 7.76. The second kappa shape index (κ2) is 10.2. The fraction of sp³-hybridized carbons (Fsp3) is 0.519. The molecule has 2 aromatic carbocycles. The zero-order valence-corrected chi connectivity index (χ0v) is 21.3. The van der Waals surface area contributed by atoms with Crippen LogP contribution in [0.1, 0.15) is 36.8 Å². The summed E-state index contributed by atoms with van der Waals surface area (Å²) in [6.07, 6.45) is 5.19. The van der Waals surface area contributed by atoms with Crippen LogP contribution in [-0.4, -0.2) is 69.9 Å². The fourth-order valence-electron chi connectivity index (χ4n) is 5.65. The molecule has 35 heavy (non-hydrogen) atoms. The van der Waals surface area contributed by atoms with Gasteiger partial charge in [-0.2, -0.15) is 4.31 Å². The fourth-order valence-corrected chi connectivity index (χ4v) is 7.17. The van der Waals surface area contributed by atoms with Crippen molar-refractivity contribution >= 4 is 21.6 Å². The van der Waals surface area contributed by atoms with Crippen molar-refractivity contribution in [3.8, 4) is 5.75 Å². The lowest BCUT2D eigenvalue weighted by Gasteiger charge is -2.33. The number of rotatable bonds is 5. The largest absolute Gasteiger partial charge is 0.497 e. The Labute approximate surface area is 208 Å². The molecule has 8 heteroatoms. The highest BCUT2D eigenvalue weighted by Gasteiger charge is 2.34. The maximum absolute atomic E-state index is 13.3. The molecular formula is C27H35N3O4S. The van der Waals surface area contributed by atoms with Crippen molar-refractivity contribution < 1.29 is 17.9 Å². The second-order valence-electron chi connectivity index (χ2n) is 9.83. The molecule has 188 valence electrons. The first-order valence-corrected chi connectivity index (χ1v) is 14.2. The molecule has 2 saturated heterocycles. The summed E-state index contributed by atoms with van der Waals surface area (Å²) in [4.78, 5) is 18.0. The molecule has 0 aromatic heterocycles. The van der Waals surface area contributed by atoms with Crippen molar-refractivity contribution in [2.24, 2.45) is 5.92 Å². The maximum atomic E-state index is 13.3. The topological polar surface area (TPSA) is 70.2 Å². The van der Waals surface area contributed by atoms with Crippen molar-refractivity contribution in [1.29, 1.82) is 0 Å². The van der Waals surface area contributed by atoms with Crippen LogP contribution in [0, 0.1) is 5.92 Å². The lowest BCUT2D eigenvalue weighted by atomic mass is 9.96. The van der Waals surface area contributed by atoms with Crippen LogP contribution in [-0.2, 0) is 27.7 Å². The van der Waals surface area contributed by atoms with Crippen LogP contribution in [0.2, 0.25) is 0 Å². The van der Waals surface area contributed by atoms with E-state index >= 15 is 0 Å². The van der Waals surface area contributed by atoms with Crippen molar-refractivity contribution in [2.75, 3.05) is 51.3 Å². The first kappa shape index (κ1) is 24.1. The highest BCUT2D eigenvalue weighted by molar-refractivity contribution is 7.89. The molecule has 2 aromatic rings. The van der Waals surface area contributed by atoms with E-state index in [1.807, 2.05) is 29.2 Å². The third kappa shape index (κ3) is 5.05. The van der Waals surface area contributed by atoms with Gasteiger partial charge in [0.2, 0.25) is 15.9 Å². The molecule has 0 saturated carbocycles. The normalized spacial score (nSPS) is 19.9. The van der Waals surface area contributed by atoms with Gasteiger partial charge in [-0.15, -0.1) is 0 Å². The van der Waals surface area contributed by atoms with Crippen LogP contribution < -0.4 is 9.64 Å². The minimum Gasteiger partial charge on any atom is -0.497 e. The van der Waals surface area contributed by atoms with E-state index in [4.69, 9.17) is 4.74 Å². The molecule has 0 unspecified atom stereocenters. The van der Waals surface area contributed by atoms with Gasteiger partial charge in [0.15, 0.2) is 0 Å². The number of amides is 1. The number of aryl methyl sites for hydroxylation is 2. The Balaban J connectivity index is 1.17. The number of sulfonamides is 1. The van der Waals surface area contributed by atoms with Crippen LogP contribution in [0.25, 0.3) is 0 Å². The van der Waals surface area contributed by atoms with Gasteiger partial charge in [-0.3, -0.25) is 4.79 Å². The van der Waals surface area contributed by atoms with Crippen LogP contribution in [0.4, 0.5) is 5.69 Å². The molecule has 2 heterocycles. The van der Waals surface area contributed by atoms with Gasteiger partial charge >= 0.3 is 0 Å². The Kier molecular flexibility index (Phi) is 7.02. The lowest BCUT2D eigenvalue weighted by molar-refractivity contribution is -0.136. The molecule has 0 N–H and O–H groups in total. The average molecular weight is 498 g/mol. The standard InChI is InChI=1S/C27H35N3O4S/c1-34-25-9-7-24(8-10-25)28-14-3-15-29(19-18-28)27(31)22-12-16-30(17-13-22)35(32,33)26-11-6-21-4-2-5-23(21)20-26/h6-11,20,22H,2-5,12-19H2,1H3. The monoisotopic (exact) mass is 497 g/mol. The van der Waals surface area contributed by atoms with Crippen LogP contribution in [0.3, 0.4) is 0 Å². The van der Waals surface area contributed by atoms with Gasteiger partial charge < -0.3 is 14.5 Å². The Morgan fingerprint density at radius 3 is 2.34 bits per heavy atom. The van der Waals surface area contributed by atoms with Crippen molar-refractivity contribution in [2.45, 2.75) is 43.4 Å². The summed E-state index contributed by atoms with van der Waals surface area (Å²) in [5.74, 6) is 0.912. The van der Waals surface area contributed by atoms with Crippen molar-refractivity contribution in [3.05, 3.63) is 53.6 Å². The Morgan fingerprint density at radius 2 is 1.60 bits per heavy atom. The van der Waals surface area contributed by atoms with E-state index in [0.29, 0.717) is 37.4 Å². The molecule has 7 nitrogen and oxygen atoms in total. The molecule has 0 spiro atoms. The molecular weight excluding hydrogens is 462 g/mol. The molecule has 0 bridgehead atoms. The molecule has 1 amide bonds. The third-order valence-corrected chi connectivity index (χ3v) is 9.65. The van der Waals surface area contributed by atoms with Gasteiger partial charge in [-0.25, -0.2) is 8.42 Å². The van der Waals surface area contributed by atoms with Crippen LogP contribution >= 0.6 is 0 Å². The highest BCUT2D eigenvalue weighted by atomic mass is 32.2. The van der Waals surface area contributed by atoms with Crippen LogP contribution in [0.5, 0.6) is 5.75 Å². The number of ether oxygens (including phenoxy) is 1. The Hall–Kier alpha value is -2.58. The number of piperidine rings is 1. The van der Waals surface area contributed by atoms with E-state index in [2.05, 4.69) is 17.0 Å². The minimum absolute atomic E-state index is 0.103. The summed E-state index contributed by atoms with van der Waals surface area (Å²) >= 11 is 0. The van der Waals surface area contributed by atoms with E-state index < -0.39 is 10.0 Å². The first-order chi connectivity index (χ1) is 17.0. The van der Waals surface area contributed by atoms with E-state index in [1.54, 1.807) is 17.5 Å². The molecule has 5 rings (SSSR count). The quantitative estimate of drug-likeness (QED) is 0.634. The van der Waals surface area contributed by atoms with E-state index in [9.17, 15) is 13.2 Å². The number of methoxy groups -OCH3 is 1. The zero-order valence-electron chi connectivity index (χ0n) is 20.5.